The van der Waals surface area contributed by atoms with Crippen molar-refractivity contribution >= 4 is 18.2 Å². The van der Waals surface area contributed by atoms with Crippen LogP contribution >= 0.6 is 0 Å². The number of benzene rings is 2. The average molecular weight is 407 g/mol. The van der Waals surface area contributed by atoms with E-state index in [-0.39, 0.29) is 0 Å². The smallest absolute Gasteiger partial charge is 0.126 e. The van der Waals surface area contributed by atoms with E-state index < -0.39 is 0 Å². The summed E-state index contributed by atoms with van der Waals surface area (Å²) < 4.78 is 12.1. The van der Waals surface area contributed by atoms with Gasteiger partial charge < -0.3 is 9.47 Å². The number of hydrogen-bond donors (Lipinski definition) is 0. The first kappa shape index (κ1) is 23.8. The van der Waals surface area contributed by atoms with Gasteiger partial charge in [0.25, 0.3) is 0 Å². The van der Waals surface area contributed by atoms with E-state index in [9.17, 15) is 0 Å². The lowest BCUT2D eigenvalue weighted by Gasteiger charge is -2.12. The quantitative estimate of drug-likeness (QED) is 0.218. The molecule has 0 atom stereocenters. The van der Waals surface area contributed by atoms with Crippen molar-refractivity contribution in [1.82, 2.24) is 0 Å². The second-order valence-corrected chi connectivity index (χ2v) is 7.73. The summed E-state index contributed by atoms with van der Waals surface area (Å²) in [5.74, 6) is 1.82. The molecule has 0 amide bonds. The molecule has 0 heterocycles. The molecule has 30 heavy (non-hydrogen) atoms. The van der Waals surface area contributed by atoms with Gasteiger partial charge in [0.2, 0.25) is 0 Å². The van der Waals surface area contributed by atoms with Crippen molar-refractivity contribution in [1.29, 1.82) is 0 Å². The van der Waals surface area contributed by atoms with E-state index in [4.69, 9.17) is 9.47 Å². The maximum Gasteiger partial charge on any atom is 0.126 e. The van der Waals surface area contributed by atoms with Crippen LogP contribution in [0, 0.1) is 0 Å². The van der Waals surface area contributed by atoms with Gasteiger partial charge in [0.15, 0.2) is 0 Å². The second kappa shape index (κ2) is 14.5. The Kier molecular flexibility index (Phi) is 11.5. The van der Waals surface area contributed by atoms with E-state index in [1.165, 1.54) is 38.5 Å². The molecule has 0 fully saturated rings. The molecule has 0 saturated carbocycles. The van der Waals surface area contributed by atoms with E-state index in [0.29, 0.717) is 0 Å². The lowest BCUT2D eigenvalue weighted by atomic mass is 10.1. The minimum atomic E-state index is 0.754. The standard InChI is InChI=1S/C28H38O2/c1-4-7-9-11-20-29-27-18-19-28(30-21-12-10-8-5-2)26(23-27)17-16-25-15-13-14-24(6-3)22-25/h6,13-19,22-23H,3-5,7-12,20-21H2,1-2H3. The van der Waals surface area contributed by atoms with Gasteiger partial charge in [-0.1, -0.05) is 95.4 Å². The van der Waals surface area contributed by atoms with Crippen molar-refractivity contribution in [2.45, 2.75) is 65.2 Å². The zero-order chi connectivity index (χ0) is 21.4. The molecule has 0 aliphatic heterocycles. The summed E-state index contributed by atoms with van der Waals surface area (Å²) in [6.07, 6.45) is 15.8. The van der Waals surface area contributed by atoms with Gasteiger partial charge in [0.05, 0.1) is 13.2 Å². The number of ether oxygens (including phenoxy) is 2. The van der Waals surface area contributed by atoms with Crippen LogP contribution < -0.4 is 9.47 Å². The molecule has 0 unspecified atom stereocenters. The third-order valence-electron chi connectivity index (χ3n) is 5.11. The molecule has 162 valence electrons. The van der Waals surface area contributed by atoms with Crippen molar-refractivity contribution in [3.05, 3.63) is 65.7 Å². The third-order valence-corrected chi connectivity index (χ3v) is 5.11. The molecule has 0 aliphatic carbocycles. The molecule has 2 aromatic rings. The van der Waals surface area contributed by atoms with Gasteiger partial charge in [-0.3, -0.25) is 0 Å². The van der Waals surface area contributed by atoms with Gasteiger partial charge in [-0.05, 0) is 48.2 Å². The summed E-state index contributed by atoms with van der Waals surface area (Å²) in [6, 6.07) is 14.5. The first-order chi connectivity index (χ1) is 14.8. The largest absolute Gasteiger partial charge is 0.494 e. The van der Waals surface area contributed by atoms with Gasteiger partial charge in [0.1, 0.15) is 11.5 Å². The van der Waals surface area contributed by atoms with Crippen LogP contribution in [0.25, 0.3) is 18.2 Å². The van der Waals surface area contributed by atoms with Gasteiger partial charge >= 0.3 is 0 Å². The van der Waals surface area contributed by atoms with E-state index in [2.05, 4.69) is 62.9 Å². The highest BCUT2D eigenvalue weighted by Gasteiger charge is 2.05. The minimum Gasteiger partial charge on any atom is -0.494 e. The first-order valence-corrected chi connectivity index (χ1v) is 11.6. The minimum absolute atomic E-state index is 0.754. The Bertz CT molecular complexity index is 776. The Morgan fingerprint density at radius 3 is 2.13 bits per heavy atom. The van der Waals surface area contributed by atoms with Crippen molar-refractivity contribution in [3.8, 4) is 11.5 Å². The first-order valence-electron chi connectivity index (χ1n) is 11.6. The Balaban J connectivity index is 2.08. The Morgan fingerprint density at radius 2 is 1.43 bits per heavy atom. The van der Waals surface area contributed by atoms with Gasteiger partial charge in [-0.25, -0.2) is 0 Å². The summed E-state index contributed by atoms with van der Waals surface area (Å²) in [6.45, 7) is 9.83. The highest BCUT2D eigenvalue weighted by molar-refractivity contribution is 5.74. The van der Waals surface area contributed by atoms with Crippen molar-refractivity contribution in [2.75, 3.05) is 13.2 Å². The predicted octanol–water partition coefficient (Wildman–Crippen LogP) is 8.42. The molecule has 2 nitrogen and oxygen atoms in total. The van der Waals surface area contributed by atoms with Crippen molar-refractivity contribution in [3.63, 3.8) is 0 Å². The van der Waals surface area contributed by atoms with Crippen LogP contribution in [0.4, 0.5) is 0 Å². The molecule has 0 N–H and O–H groups in total. The molecule has 0 spiro atoms. The molecule has 0 radical (unpaired) electrons. The molecular weight excluding hydrogens is 368 g/mol. The van der Waals surface area contributed by atoms with Gasteiger partial charge in [-0.2, -0.15) is 0 Å². The summed E-state index contributed by atoms with van der Waals surface area (Å²) >= 11 is 0. The van der Waals surface area contributed by atoms with Crippen LogP contribution in [0.3, 0.4) is 0 Å². The van der Waals surface area contributed by atoms with Crippen LogP contribution in [0.5, 0.6) is 11.5 Å². The van der Waals surface area contributed by atoms with Crippen molar-refractivity contribution < 1.29 is 9.47 Å². The second-order valence-electron chi connectivity index (χ2n) is 7.73. The summed E-state index contributed by atoms with van der Waals surface area (Å²) in [5.41, 5.74) is 3.32. The maximum atomic E-state index is 6.11. The van der Waals surface area contributed by atoms with E-state index in [0.717, 1.165) is 54.2 Å². The molecule has 0 aliphatic rings. The SMILES string of the molecule is C=Cc1cccc(C=Cc2cc(OCCCCCC)ccc2OCCCCCC)c1. The fourth-order valence-corrected chi connectivity index (χ4v) is 3.28. The third kappa shape index (κ3) is 8.90. The zero-order valence-corrected chi connectivity index (χ0v) is 18.9. The molecule has 2 heteroatoms. The predicted molar refractivity (Wildman–Crippen MR) is 131 cm³/mol. The molecular formula is C28H38O2. The Morgan fingerprint density at radius 1 is 0.733 bits per heavy atom. The zero-order valence-electron chi connectivity index (χ0n) is 18.9. The monoisotopic (exact) mass is 406 g/mol. The van der Waals surface area contributed by atoms with Crippen LogP contribution in [0.2, 0.25) is 0 Å². The fraction of sp³-hybridized carbons (Fsp3) is 0.429. The van der Waals surface area contributed by atoms with E-state index >= 15 is 0 Å². The van der Waals surface area contributed by atoms with Gasteiger partial charge in [-0.15, -0.1) is 0 Å². The van der Waals surface area contributed by atoms with E-state index in [1.807, 2.05) is 18.2 Å². The molecule has 2 aromatic carbocycles. The molecule has 0 bridgehead atoms. The highest BCUT2D eigenvalue weighted by Crippen LogP contribution is 2.27. The summed E-state index contributed by atoms with van der Waals surface area (Å²) in [5, 5.41) is 0. The molecule has 0 aromatic heterocycles. The maximum absolute atomic E-state index is 6.11. The van der Waals surface area contributed by atoms with Crippen molar-refractivity contribution in [2.24, 2.45) is 0 Å². The Hall–Kier alpha value is -2.48. The summed E-state index contributed by atoms with van der Waals surface area (Å²) in [7, 11) is 0. The summed E-state index contributed by atoms with van der Waals surface area (Å²) in [4.78, 5) is 0. The van der Waals surface area contributed by atoms with Gasteiger partial charge in [0, 0.05) is 5.56 Å². The van der Waals surface area contributed by atoms with Crippen LogP contribution in [0.15, 0.2) is 49.0 Å². The Labute approximate surface area is 183 Å². The molecule has 2 rings (SSSR count). The lowest BCUT2D eigenvalue weighted by Crippen LogP contribution is -2.01. The van der Waals surface area contributed by atoms with E-state index in [1.54, 1.807) is 0 Å². The fourth-order valence-electron chi connectivity index (χ4n) is 3.28. The average Bonchev–Trinajstić information content (AvgIpc) is 2.78. The normalized spacial score (nSPS) is 11.0. The number of unbranched alkanes of at least 4 members (excludes halogenated alkanes) is 6. The number of hydrogen-bond acceptors (Lipinski definition) is 2. The number of rotatable bonds is 15. The van der Waals surface area contributed by atoms with Crippen LogP contribution in [-0.2, 0) is 0 Å². The highest BCUT2D eigenvalue weighted by atomic mass is 16.5. The van der Waals surface area contributed by atoms with Crippen LogP contribution in [-0.4, -0.2) is 13.2 Å². The lowest BCUT2D eigenvalue weighted by molar-refractivity contribution is 0.296. The molecule has 0 saturated heterocycles. The topological polar surface area (TPSA) is 18.5 Å². The van der Waals surface area contributed by atoms with Crippen LogP contribution in [0.1, 0.15) is 81.9 Å².